The Labute approximate surface area is 103 Å². The van der Waals surface area contributed by atoms with E-state index in [2.05, 4.69) is 28.7 Å². The molecule has 2 unspecified atom stereocenters. The van der Waals surface area contributed by atoms with Gasteiger partial charge in [-0.05, 0) is 32.7 Å². The average Bonchev–Trinajstić information content (AvgIpc) is 3.00. The Morgan fingerprint density at radius 2 is 2.53 bits per heavy atom. The van der Waals surface area contributed by atoms with Crippen LogP contribution in [0.3, 0.4) is 0 Å². The lowest BCUT2D eigenvalue weighted by molar-refractivity contribution is 0.0723. The van der Waals surface area contributed by atoms with Gasteiger partial charge in [0.1, 0.15) is 0 Å². The first-order valence-corrected chi connectivity index (χ1v) is 6.66. The van der Waals surface area contributed by atoms with Crippen molar-refractivity contribution < 1.29 is 4.74 Å². The molecule has 1 N–H and O–H groups in total. The first-order chi connectivity index (χ1) is 8.33. The minimum absolute atomic E-state index is 0.356. The zero-order valence-corrected chi connectivity index (χ0v) is 10.9. The third-order valence-electron chi connectivity index (χ3n) is 3.42. The second-order valence-corrected chi connectivity index (χ2v) is 4.76. The Morgan fingerprint density at radius 3 is 3.24 bits per heavy atom. The molecule has 4 nitrogen and oxygen atoms in total. The van der Waals surface area contributed by atoms with Crippen LogP contribution in [0.2, 0.25) is 0 Å². The van der Waals surface area contributed by atoms with E-state index in [1.807, 2.05) is 12.5 Å². The molecule has 1 aliphatic rings. The number of imidazole rings is 1. The van der Waals surface area contributed by atoms with E-state index in [9.17, 15) is 0 Å². The molecule has 1 aromatic rings. The fraction of sp³-hybridized carbons (Fsp3) is 0.769. The van der Waals surface area contributed by atoms with Crippen LogP contribution in [0.25, 0.3) is 0 Å². The van der Waals surface area contributed by atoms with Gasteiger partial charge in [0.05, 0.1) is 24.2 Å². The van der Waals surface area contributed by atoms with Crippen molar-refractivity contribution in [3.05, 3.63) is 18.2 Å². The second kappa shape index (κ2) is 6.17. The normalized spacial score (nSPS) is 21.9. The van der Waals surface area contributed by atoms with Crippen molar-refractivity contribution in [1.82, 2.24) is 14.9 Å². The molecule has 2 heterocycles. The number of nitrogens with one attached hydrogen (secondary N) is 1. The van der Waals surface area contributed by atoms with Gasteiger partial charge in [0, 0.05) is 19.3 Å². The van der Waals surface area contributed by atoms with E-state index in [0.29, 0.717) is 12.1 Å². The predicted molar refractivity (Wildman–Crippen MR) is 67.9 cm³/mol. The van der Waals surface area contributed by atoms with Crippen LogP contribution >= 0.6 is 0 Å². The van der Waals surface area contributed by atoms with Crippen LogP contribution in [0.15, 0.2) is 12.5 Å². The van der Waals surface area contributed by atoms with Gasteiger partial charge in [-0.25, -0.2) is 4.98 Å². The summed E-state index contributed by atoms with van der Waals surface area (Å²) >= 11 is 0. The maximum Gasteiger partial charge on any atom is 0.0952 e. The molecular weight excluding hydrogens is 214 g/mol. The molecule has 0 saturated carbocycles. The first kappa shape index (κ1) is 12.6. The summed E-state index contributed by atoms with van der Waals surface area (Å²) in [6, 6.07) is 0.387. The van der Waals surface area contributed by atoms with Crippen LogP contribution in [-0.2, 0) is 11.3 Å². The molecule has 0 amide bonds. The summed E-state index contributed by atoms with van der Waals surface area (Å²) in [6.45, 7) is 7.26. The molecule has 0 aromatic carbocycles. The molecule has 96 valence electrons. The highest BCUT2D eigenvalue weighted by Gasteiger charge is 2.24. The topological polar surface area (TPSA) is 39.1 Å². The van der Waals surface area contributed by atoms with E-state index in [4.69, 9.17) is 4.74 Å². The van der Waals surface area contributed by atoms with Gasteiger partial charge in [0.25, 0.3) is 0 Å². The van der Waals surface area contributed by atoms with Gasteiger partial charge in [0.2, 0.25) is 0 Å². The lowest BCUT2D eigenvalue weighted by atomic mass is 10.1. The lowest BCUT2D eigenvalue weighted by Crippen LogP contribution is -2.24. The summed E-state index contributed by atoms with van der Waals surface area (Å²) in [4.78, 5) is 4.26. The molecule has 1 saturated heterocycles. The van der Waals surface area contributed by atoms with Crippen LogP contribution in [0.4, 0.5) is 0 Å². The molecule has 4 heteroatoms. The molecule has 0 bridgehead atoms. The fourth-order valence-corrected chi connectivity index (χ4v) is 2.39. The Bertz CT molecular complexity index is 331. The van der Waals surface area contributed by atoms with Crippen LogP contribution < -0.4 is 5.32 Å². The van der Waals surface area contributed by atoms with Crippen LogP contribution in [0.1, 0.15) is 44.8 Å². The maximum atomic E-state index is 5.75. The molecule has 1 fully saturated rings. The minimum Gasteiger partial charge on any atom is -0.376 e. The fourth-order valence-electron chi connectivity index (χ4n) is 2.39. The Kier molecular flexibility index (Phi) is 4.57. The van der Waals surface area contributed by atoms with E-state index in [0.717, 1.165) is 26.1 Å². The third-order valence-corrected chi connectivity index (χ3v) is 3.42. The standard InChI is InChI=1S/C13H23N3O/c1-3-6-14-8-12-9-15-10-16(12)11(2)13-5-4-7-17-13/h9-11,13-14H,3-8H2,1-2H3. The van der Waals surface area contributed by atoms with Crippen molar-refractivity contribution in [2.45, 2.75) is 51.8 Å². The van der Waals surface area contributed by atoms with Gasteiger partial charge in [-0.1, -0.05) is 6.92 Å². The first-order valence-electron chi connectivity index (χ1n) is 6.66. The van der Waals surface area contributed by atoms with Crippen molar-refractivity contribution in [2.75, 3.05) is 13.2 Å². The van der Waals surface area contributed by atoms with Crippen molar-refractivity contribution in [3.8, 4) is 0 Å². The van der Waals surface area contributed by atoms with E-state index < -0.39 is 0 Å². The zero-order valence-electron chi connectivity index (χ0n) is 10.9. The van der Waals surface area contributed by atoms with Crippen LogP contribution in [0, 0.1) is 0 Å². The molecule has 2 rings (SSSR count). The smallest absolute Gasteiger partial charge is 0.0952 e. The summed E-state index contributed by atoms with van der Waals surface area (Å²) in [5, 5.41) is 3.42. The van der Waals surface area contributed by atoms with Crippen molar-refractivity contribution >= 4 is 0 Å². The highest BCUT2D eigenvalue weighted by Crippen LogP contribution is 2.24. The molecule has 0 aliphatic carbocycles. The number of hydrogen-bond acceptors (Lipinski definition) is 3. The van der Waals surface area contributed by atoms with E-state index in [-0.39, 0.29) is 0 Å². The molecule has 1 aromatic heterocycles. The third kappa shape index (κ3) is 3.07. The van der Waals surface area contributed by atoms with E-state index in [1.165, 1.54) is 18.5 Å². The minimum atomic E-state index is 0.356. The highest BCUT2D eigenvalue weighted by molar-refractivity contribution is 5.01. The Hall–Kier alpha value is -0.870. The summed E-state index contributed by atoms with van der Waals surface area (Å²) in [7, 11) is 0. The largest absolute Gasteiger partial charge is 0.376 e. The summed E-state index contributed by atoms with van der Waals surface area (Å²) in [6.07, 6.45) is 7.75. The van der Waals surface area contributed by atoms with Gasteiger partial charge in [0.15, 0.2) is 0 Å². The molecule has 0 radical (unpaired) electrons. The molecule has 1 aliphatic heterocycles. The highest BCUT2D eigenvalue weighted by atomic mass is 16.5. The van der Waals surface area contributed by atoms with Gasteiger partial charge in [-0.15, -0.1) is 0 Å². The number of aromatic nitrogens is 2. The monoisotopic (exact) mass is 237 g/mol. The molecule has 2 atom stereocenters. The molecule has 0 spiro atoms. The second-order valence-electron chi connectivity index (χ2n) is 4.76. The average molecular weight is 237 g/mol. The predicted octanol–water partition coefficient (Wildman–Crippen LogP) is 2.12. The number of ether oxygens (including phenoxy) is 1. The lowest BCUT2D eigenvalue weighted by Gasteiger charge is -2.22. The molecule has 17 heavy (non-hydrogen) atoms. The summed E-state index contributed by atoms with van der Waals surface area (Å²) in [5.74, 6) is 0. The van der Waals surface area contributed by atoms with Crippen molar-refractivity contribution in [1.29, 1.82) is 0 Å². The van der Waals surface area contributed by atoms with Gasteiger partial charge < -0.3 is 14.6 Å². The van der Waals surface area contributed by atoms with Crippen LogP contribution in [-0.4, -0.2) is 28.8 Å². The number of hydrogen-bond donors (Lipinski definition) is 1. The zero-order chi connectivity index (χ0) is 12.1. The van der Waals surface area contributed by atoms with Crippen molar-refractivity contribution in [2.24, 2.45) is 0 Å². The molecular formula is C13H23N3O. The van der Waals surface area contributed by atoms with Gasteiger partial charge >= 0.3 is 0 Å². The Balaban J connectivity index is 1.96. The summed E-state index contributed by atoms with van der Waals surface area (Å²) < 4.78 is 8.00. The van der Waals surface area contributed by atoms with Gasteiger partial charge in [-0.2, -0.15) is 0 Å². The number of nitrogens with zero attached hydrogens (tertiary/aromatic N) is 2. The Morgan fingerprint density at radius 1 is 1.65 bits per heavy atom. The quantitative estimate of drug-likeness (QED) is 0.770. The van der Waals surface area contributed by atoms with E-state index >= 15 is 0 Å². The number of rotatable bonds is 6. The van der Waals surface area contributed by atoms with Crippen LogP contribution in [0.5, 0.6) is 0 Å². The SMILES string of the molecule is CCCNCc1cncn1C(C)C1CCCO1. The van der Waals surface area contributed by atoms with Crippen molar-refractivity contribution in [3.63, 3.8) is 0 Å². The van der Waals surface area contributed by atoms with Gasteiger partial charge in [-0.3, -0.25) is 0 Å². The van der Waals surface area contributed by atoms with E-state index in [1.54, 1.807) is 0 Å². The summed E-state index contributed by atoms with van der Waals surface area (Å²) in [5.41, 5.74) is 1.25. The maximum absolute atomic E-state index is 5.75.